The van der Waals surface area contributed by atoms with E-state index in [0.717, 1.165) is 41.7 Å². The van der Waals surface area contributed by atoms with Crippen molar-refractivity contribution in [3.8, 4) is 0 Å². The van der Waals surface area contributed by atoms with Crippen LogP contribution < -0.4 is 15.5 Å². The van der Waals surface area contributed by atoms with Crippen molar-refractivity contribution in [2.24, 2.45) is 0 Å². The fourth-order valence-corrected chi connectivity index (χ4v) is 6.43. The van der Waals surface area contributed by atoms with Crippen LogP contribution in [0.3, 0.4) is 0 Å². The number of alkyl halides is 3. The van der Waals surface area contributed by atoms with E-state index < -0.39 is 17.4 Å². The molecule has 5 aromatic rings. The molecule has 10 nitrogen and oxygen atoms in total. The minimum atomic E-state index is -4.41. The van der Waals surface area contributed by atoms with E-state index in [2.05, 4.69) is 42.3 Å². The second kappa shape index (κ2) is 13.1. The number of benzene rings is 3. The zero-order chi connectivity index (χ0) is 31.4. The predicted octanol–water partition coefficient (Wildman–Crippen LogP) is 7.87. The summed E-state index contributed by atoms with van der Waals surface area (Å²) in [5.41, 5.74) is 0.214. The molecule has 230 valence electrons. The van der Waals surface area contributed by atoms with Gasteiger partial charge in [-0.25, -0.2) is 9.78 Å². The van der Waals surface area contributed by atoms with E-state index in [1.54, 1.807) is 29.2 Å². The maximum absolute atomic E-state index is 13.7. The molecule has 15 heteroatoms. The molecule has 45 heavy (non-hydrogen) atoms. The minimum Gasteiger partial charge on any atom is -0.290 e. The zero-order valence-corrected chi connectivity index (χ0v) is 25.1. The number of tetrazole rings is 1. The monoisotopic (exact) mass is 650 g/mol. The van der Waals surface area contributed by atoms with Crippen LogP contribution in [0.2, 0.25) is 0 Å². The van der Waals surface area contributed by atoms with Crippen molar-refractivity contribution in [3.63, 3.8) is 0 Å². The van der Waals surface area contributed by atoms with Gasteiger partial charge in [-0.15, -0.1) is 5.10 Å². The molecular weight excluding hydrogens is 626 g/mol. The predicted molar refractivity (Wildman–Crippen MR) is 168 cm³/mol. The standard InChI is InChI=1S/C30H25F3N8O2S2/c31-30(32,33)45-23-14-15-24-25(16-23)44-28(34-24)36-29(43)41(22-12-10-20(11-13-22)19-4-2-1-3-5-19)17-18-6-8-21(9-7-18)26(42)35-27-37-39-40-38-27/h4,6-16H,1-3,5,17H2,(H,34,36,43)(H2,35,37,38,39,40,42). The molecule has 3 N–H and O–H groups in total. The van der Waals surface area contributed by atoms with E-state index >= 15 is 0 Å². The van der Waals surface area contributed by atoms with Gasteiger partial charge in [0, 0.05) is 16.1 Å². The first-order valence-electron chi connectivity index (χ1n) is 13.9. The number of thioether (sulfide) groups is 1. The van der Waals surface area contributed by atoms with Crippen LogP contribution in [0.1, 0.15) is 47.2 Å². The molecule has 0 unspecified atom stereocenters. The van der Waals surface area contributed by atoms with Crippen LogP contribution in [0.15, 0.2) is 77.7 Å². The van der Waals surface area contributed by atoms with E-state index in [9.17, 15) is 22.8 Å². The van der Waals surface area contributed by atoms with E-state index in [-0.39, 0.29) is 34.3 Å². The second-order valence-electron chi connectivity index (χ2n) is 10.1. The number of thiazole rings is 1. The van der Waals surface area contributed by atoms with Crippen molar-refractivity contribution in [3.05, 3.63) is 89.5 Å². The molecule has 1 aliphatic carbocycles. The highest BCUT2D eigenvalue weighted by Crippen LogP contribution is 2.39. The molecule has 0 saturated heterocycles. The van der Waals surface area contributed by atoms with E-state index in [4.69, 9.17) is 0 Å². The van der Waals surface area contributed by atoms with Gasteiger partial charge in [-0.3, -0.25) is 20.3 Å². The third kappa shape index (κ3) is 7.67. The third-order valence-electron chi connectivity index (χ3n) is 7.02. The van der Waals surface area contributed by atoms with E-state index in [1.165, 1.54) is 30.2 Å². The lowest BCUT2D eigenvalue weighted by Gasteiger charge is -2.23. The van der Waals surface area contributed by atoms with E-state index in [1.807, 2.05) is 24.3 Å². The van der Waals surface area contributed by atoms with Crippen molar-refractivity contribution in [2.45, 2.75) is 42.6 Å². The molecule has 2 heterocycles. The number of anilines is 3. The van der Waals surface area contributed by atoms with Crippen LogP contribution in [-0.2, 0) is 6.54 Å². The number of nitrogens with one attached hydrogen (secondary N) is 3. The summed E-state index contributed by atoms with van der Waals surface area (Å²) in [6.45, 7) is 0.165. The fraction of sp³-hybridized carbons (Fsp3) is 0.200. The lowest BCUT2D eigenvalue weighted by molar-refractivity contribution is -0.0328. The van der Waals surface area contributed by atoms with Crippen molar-refractivity contribution in [1.82, 2.24) is 25.6 Å². The summed E-state index contributed by atoms with van der Waals surface area (Å²) >= 11 is 0.894. The molecule has 0 radical (unpaired) electrons. The number of allylic oxidation sites excluding steroid dienone is 2. The Kier molecular flexibility index (Phi) is 8.80. The lowest BCUT2D eigenvalue weighted by Crippen LogP contribution is -2.34. The Bertz CT molecular complexity index is 1840. The molecule has 0 saturated carbocycles. The van der Waals surface area contributed by atoms with Gasteiger partial charge in [0.2, 0.25) is 0 Å². The van der Waals surface area contributed by atoms with Gasteiger partial charge in [0.25, 0.3) is 11.9 Å². The molecule has 1 aliphatic rings. The van der Waals surface area contributed by atoms with Gasteiger partial charge in [0.15, 0.2) is 5.13 Å². The van der Waals surface area contributed by atoms with Gasteiger partial charge >= 0.3 is 11.5 Å². The Morgan fingerprint density at radius 2 is 1.80 bits per heavy atom. The van der Waals surface area contributed by atoms with Gasteiger partial charge in [0.1, 0.15) is 0 Å². The number of aromatic amines is 1. The Hall–Kier alpha value is -4.76. The van der Waals surface area contributed by atoms with Gasteiger partial charge in [-0.1, -0.05) is 46.8 Å². The molecule has 3 amide bonds. The Balaban J connectivity index is 1.23. The summed E-state index contributed by atoms with van der Waals surface area (Å²) in [7, 11) is 0. The number of amides is 3. The number of hydrogen-bond donors (Lipinski definition) is 3. The van der Waals surface area contributed by atoms with Gasteiger partial charge in [-0.2, -0.15) is 18.4 Å². The first-order valence-corrected chi connectivity index (χ1v) is 15.5. The van der Waals surface area contributed by atoms with Crippen molar-refractivity contribution in [1.29, 1.82) is 0 Å². The molecule has 0 fully saturated rings. The quantitative estimate of drug-likeness (QED) is 0.146. The van der Waals surface area contributed by atoms with Crippen LogP contribution in [0.5, 0.6) is 0 Å². The minimum absolute atomic E-state index is 0.0424. The summed E-state index contributed by atoms with van der Waals surface area (Å²) < 4.78 is 39.1. The maximum Gasteiger partial charge on any atom is 0.446 e. The average molecular weight is 651 g/mol. The molecule has 2 aromatic heterocycles. The molecule has 6 rings (SSSR count). The highest BCUT2D eigenvalue weighted by Gasteiger charge is 2.29. The first-order chi connectivity index (χ1) is 21.7. The fourth-order valence-electron chi connectivity index (χ4n) is 4.88. The molecule has 0 atom stereocenters. The van der Waals surface area contributed by atoms with Crippen LogP contribution in [0.25, 0.3) is 15.8 Å². The van der Waals surface area contributed by atoms with Crippen molar-refractivity contribution >= 4 is 67.6 Å². The third-order valence-corrected chi connectivity index (χ3v) is 8.68. The topological polar surface area (TPSA) is 129 Å². The molecule has 0 bridgehead atoms. The molecule has 0 aliphatic heterocycles. The van der Waals surface area contributed by atoms with Gasteiger partial charge in [0.05, 0.1) is 16.8 Å². The van der Waals surface area contributed by atoms with Crippen LogP contribution in [0, 0.1) is 0 Å². The number of H-pyrrole nitrogens is 1. The summed E-state index contributed by atoms with van der Waals surface area (Å²) in [5.74, 6) is -0.373. The zero-order valence-electron chi connectivity index (χ0n) is 23.5. The highest BCUT2D eigenvalue weighted by atomic mass is 32.2. The number of hydrogen-bond acceptors (Lipinski definition) is 8. The molecular formula is C30H25F3N8O2S2. The van der Waals surface area contributed by atoms with Crippen LogP contribution in [0.4, 0.5) is 34.7 Å². The smallest absolute Gasteiger partial charge is 0.290 e. The summed E-state index contributed by atoms with van der Waals surface area (Å²) in [5, 5.41) is 18.7. The van der Waals surface area contributed by atoms with Crippen LogP contribution >= 0.6 is 23.1 Å². The summed E-state index contributed by atoms with van der Waals surface area (Å²) in [6.07, 6.45) is 6.64. The Morgan fingerprint density at radius 3 is 2.49 bits per heavy atom. The largest absolute Gasteiger partial charge is 0.446 e. The number of urea groups is 1. The van der Waals surface area contributed by atoms with E-state index in [0.29, 0.717) is 21.5 Å². The summed E-state index contributed by atoms with van der Waals surface area (Å²) in [4.78, 5) is 32.2. The summed E-state index contributed by atoms with van der Waals surface area (Å²) in [6, 6.07) is 18.3. The second-order valence-corrected chi connectivity index (χ2v) is 12.3. The van der Waals surface area contributed by atoms with Crippen molar-refractivity contribution in [2.75, 3.05) is 15.5 Å². The molecule has 3 aromatic carbocycles. The number of rotatable bonds is 8. The first kappa shape index (κ1) is 30.3. The van der Waals surface area contributed by atoms with Gasteiger partial charge in [-0.05, 0) is 102 Å². The number of nitrogens with zero attached hydrogens (tertiary/aromatic N) is 5. The number of carbonyl (C=O) groups excluding carboxylic acids is 2. The highest BCUT2D eigenvalue weighted by molar-refractivity contribution is 8.00. The molecule has 0 spiro atoms. The normalized spacial score (nSPS) is 13.4. The number of halogens is 3. The number of carbonyl (C=O) groups is 2. The average Bonchev–Trinajstić information content (AvgIpc) is 3.69. The Labute approximate surface area is 263 Å². The maximum atomic E-state index is 13.7. The van der Waals surface area contributed by atoms with Gasteiger partial charge < -0.3 is 0 Å². The van der Waals surface area contributed by atoms with Crippen LogP contribution in [-0.4, -0.2) is 43.1 Å². The van der Waals surface area contributed by atoms with Crippen molar-refractivity contribution < 1.29 is 22.8 Å². The number of fused-ring (bicyclic) bond motifs is 1. The Morgan fingerprint density at radius 1 is 1.00 bits per heavy atom. The number of aromatic nitrogens is 5. The lowest BCUT2D eigenvalue weighted by atomic mass is 9.93. The SMILES string of the molecule is O=C(Nc1nn[nH]n1)c1ccc(CN(C(=O)Nc2nc3ccc(SC(F)(F)F)cc3s2)c2ccc(C3=CCCCC3)cc2)cc1.